The van der Waals surface area contributed by atoms with Gasteiger partial charge < -0.3 is 6.42 Å². The van der Waals surface area contributed by atoms with E-state index in [1.165, 1.54) is 30.4 Å². The third-order valence-electron chi connectivity index (χ3n) is 2.87. The van der Waals surface area contributed by atoms with E-state index in [1.54, 1.807) is 0 Å². The summed E-state index contributed by atoms with van der Waals surface area (Å²) in [4.78, 5) is 0. The number of unbranched alkanes of at least 4 members (excludes halogenated alkanes) is 2. The van der Waals surface area contributed by atoms with Crippen molar-refractivity contribution in [3.8, 4) is 0 Å². The molecule has 78 valence electrons. The van der Waals surface area contributed by atoms with Gasteiger partial charge in [0.15, 0.2) is 0 Å². The van der Waals surface area contributed by atoms with Crippen molar-refractivity contribution in [2.24, 2.45) is 0 Å². The molecule has 1 heteroatoms. The van der Waals surface area contributed by atoms with Gasteiger partial charge in [0.05, 0.1) is 0 Å². The van der Waals surface area contributed by atoms with E-state index in [0.29, 0.717) is 5.92 Å². The van der Waals surface area contributed by atoms with Gasteiger partial charge in [-0.3, -0.25) is 0 Å². The standard InChI is InChI=1S/C14H17.Zr/c1-2-3-4-7-12-10-11-13-8-5-6-9-14(12)13;/h3,5-6,8-12H,2,4,7H2,1H3;/q-1;. The van der Waals surface area contributed by atoms with Crippen LogP contribution in [-0.4, -0.2) is 0 Å². The van der Waals surface area contributed by atoms with E-state index >= 15 is 0 Å². The van der Waals surface area contributed by atoms with E-state index in [0.717, 1.165) is 0 Å². The predicted molar refractivity (Wildman–Crippen MR) is 62.0 cm³/mol. The van der Waals surface area contributed by atoms with Crippen molar-refractivity contribution in [1.29, 1.82) is 0 Å². The first kappa shape index (κ1) is 12.9. The zero-order valence-electron chi connectivity index (χ0n) is 9.24. The molecule has 1 aliphatic carbocycles. The second-order valence-corrected chi connectivity index (χ2v) is 3.87. The minimum Gasteiger partial charge on any atom is -0.329 e. The molecule has 0 saturated carbocycles. The van der Waals surface area contributed by atoms with Crippen molar-refractivity contribution in [3.05, 3.63) is 47.9 Å². The summed E-state index contributed by atoms with van der Waals surface area (Å²) in [5.41, 5.74) is 2.92. The fourth-order valence-electron chi connectivity index (χ4n) is 2.08. The number of hydrogen-bond donors (Lipinski definition) is 0. The van der Waals surface area contributed by atoms with Gasteiger partial charge in [-0.25, -0.2) is 0 Å². The van der Waals surface area contributed by atoms with Crippen LogP contribution in [0.2, 0.25) is 0 Å². The number of rotatable bonds is 4. The van der Waals surface area contributed by atoms with Gasteiger partial charge in [-0.1, -0.05) is 49.8 Å². The Balaban J connectivity index is 0.00000112. The largest absolute Gasteiger partial charge is 0.329 e. The van der Waals surface area contributed by atoms with Crippen LogP contribution in [0.4, 0.5) is 0 Å². The van der Waals surface area contributed by atoms with Crippen LogP contribution in [0, 0.1) is 6.42 Å². The molecule has 1 aromatic carbocycles. The summed E-state index contributed by atoms with van der Waals surface area (Å²) in [5, 5.41) is 0. The molecule has 2 rings (SSSR count). The van der Waals surface area contributed by atoms with E-state index in [4.69, 9.17) is 0 Å². The smallest absolute Gasteiger partial charge is 0.000297 e. The number of benzene rings is 1. The Bertz CT molecular complexity index is 328. The minimum atomic E-state index is 0. The van der Waals surface area contributed by atoms with Gasteiger partial charge >= 0.3 is 0 Å². The quantitative estimate of drug-likeness (QED) is 0.571. The van der Waals surface area contributed by atoms with Gasteiger partial charge in [-0.15, -0.1) is 0 Å². The molecular weight excluding hydrogens is 259 g/mol. The molecule has 1 unspecified atom stereocenters. The molecule has 0 aliphatic heterocycles. The SMILES string of the molecule is CC[CH-]CCC1C=Cc2ccccc21.[Zr]. The van der Waals surface area contributed by atoms with Crippen molar-refractivity contribution in [2.75, 3.05) is 0 Å². The Morgan fingerprint density at radius 3 is 2.87 bits per heavy atom. The van der Waals surface area contributed by atoms with Crippen LogP contribution in [0.15, 0.2) is 30.3 Å². The van der Waals surface area contributed by atoms with E-state index in [1.807, 2.05) is 0 Å². The van der Waals surface area contributed by atoms with Crippen molar-refractivity contribution in [1.82, 2.24) is 0 Å². The molecule has 0 spiro atoms. The number of hydrogen-bond acceptors (Lipinski definition) is 0. The van der Waals surface area contributed by atoms with Gasteiger partial charge in [-0.2, -0.15) is 12.8 Å². The Kier molecular flexibility index (Phi) is 5.54. The van der Waals surface area contributed by atoms with E-state index < -0.39 is 0 Å². The van der Waals surface area contributed by atoms with E-state index in [2.05, 4.69) is 49.8 Å². The first-order chi connectivity index (χ1) is 6.92. The van der Waals surface area contributed by atoms with Crippen LogP contribution in [-0.2, 0) is 26.2 Å². The summed E-state index contributed by atoms with van der Waals surface area (Å²) in [6, 6.07) is 8.72. The topological polar surface area (TPSA) is 0 Å². The van der Waals surface area contributed by atoms with Crippen molar-refractivity contribution in [2.45, 2.75) is 32.1 Å². The van der Waals surface area contributed by atoms with Crippen LogP contribution in [0.3, 0.4) is 0 Å². The molecular formula is C14H17Zr-. The molecule has 0 bridgehead atoms. The first-order valence-electron chi connectivity index (χ1n) is 5.50. The zero-order valence-corrected chi connectivity index (χ0v) is 11.7. The maximum atomic E-state index is 2.37. The molecule has 0 N–H and O–H groups in total. The zero-order chi connectivity index (χ0) is 9.80. The molecule has 0 fully saturated rings. The van der Waals surface area contributed by atoms with Crippen molar-refractivity contribution in [3.63, 3.8) is 0 Å². The van der Waals surface area contributed by atoms with E-state index in [-0.39, 0.29) is 26.2 Å². The molecule has 15 heavy (non-hydrogen) atoms. The van der Waals surface area contributed by atoms with Gasteiger partial charge in [0.2, 0.25) is 0 Å². The number of allylic oxidation sites excluding steroid dienone is 1. The molecule has 1 aliphatic rings. The van der Waals surface area contributed by atoms with Gasteiger partial charge in [0.25, 0.3) is 0 Å². The van der Waals surface area contributed by atoms with Crippen LogP contribution < -0.4 is 0 Å². The van der Waals surface area contributed by atoms with Gasteiger partial charge in [0.1, 0.15) is 0 Å². The molecule has 0 nitrogen and oxygen atoms in total. The Hall–Kier alpha value is -0.157. The maximum Gasteiger partial charge on any atom is 0.000297 e. The first-order valence-corrected chi connectivity index (χ1v) is 5.50. The third kappa shape index (κ3) is 3.15. The van der Waals surface area contributed by atoms with Crippen molar-refractivity contribution < 1.29 is 26.2 Å². The maximum absolute atomic E-state index is 2.37. The van der Waals surface area contributed by atoms with Crippen LogP contribution in [0.5, 0.6) is 0 Å². The Labute approximate surface area is 112 Å². The summed E-state index contributed by atoms with van der Waals surface area (Å²) >= 11 is 0. The molecule has 0 aromatic heterocycles. The summed E-state index contributed by atoms with van der Waals surface area (Å²) in [6.07, 6.45) is 10.7. The normalized spacial score (nSPS) is 17.3. The second-order valence-electron chi connectivity index (χ2n) is 3.87. The third-order valence-corrected chi connectivity index (χ3v) is 2.87. The molecule has 0 radical (unpaired) electrons. The van der Waals surface area contributed by atoms with Crippen LogP contribution in [0.25, 0.3) is 6.08 Å². The summed E-state index contributed by atoms with van der Waals surface area (Å²) < 4.78 is 0. The minimum absolute atomic E-state index is 0. The average molecular weight is 277 g/mol. The Morgan fingerprint density at radius 1 is 1.27 bits per heavy atom. The summed E-state index contributed by atoms with van der Waals surface area (Å²) in [6.45, 7) is 2.21. The van der Waals surface area contributed by atoms with Gasteiger partial charge in [0, 0.05) is 32.1 Å². The molecule has 1 atom stereocenters. The average Bonchev–Trinajstić information content (AvgIpc) is 2.63. The molecule has 0 heterocycles. The molecule has 0 amide bonds. The monoisotopic (exact) mass is 275 g/mol. The second kappa shape index (κ2) is 6.43. The predicted octanol–water partition coefficient (Wildman–Crippen LogP) is 4.19. The fourth-order valence-corrected chi connectivity index (χ4v) is 2.08. The number of fused-ring (bicyclic) bond motifs is 1. The fraction of sp³-hybridized carbons (Fsp3) is 0.357. The summed E-state index contributed by atoms with van der Waals surface area (Å²) in [5.74, 6) is 0.661. The summed E-state index contributed by atoms with van der Waals surface area (Å²) in [7, 11) is 0. The molecule has 1 aromatic rings. The van der Waals surface area contributed by atoms with Crippen molar-refractivity contribution >= 4 is 6.08 Å². The van der Waals surface area contributed by atoms with Crippen LogP contribution >= 0.6 is 0 Å². The molecule has 0 saturated heterocycles. The Morgan fingerprint density at radius 2 is 2.07 bits per heavy atom. The van der Waals surface area contributed by atoms with Crippen LogP contribution in [0.1, 0.15) is 43.2 Å². The van der Waals surface area contributed by atoms with Gasteiger partial charge in [-0.05, 0) is 11.1 Å². The van der Waals surface area contributed by atoms with E-state index in [9.17, 15) is 0 Å².